The molecule has 0 aliphatic heterocycles. The van der Waals surface area contributed by atoms with Crippen molar-refractivity contribution in [2.45, 2.75) is 13.1 Å². The zero-order chi connectivity index (χ0) is 16.2. The fraction of sp³-hybridized carbons (Fsp3) is 0.133. The largest absolute Gasteiger partial charge is 0.459 e. The van der Waals surface area contributed by atoms with Crippen molar-refractivity contribution in [2.75, 3.05) is 5.32 Å². The standard InChI is InChI=1S/C15H13Cl2N5O/c1-2-5-22-15(19-20-21-22)18-9-13-3-4-14(23-13)10-6-11(16)8-12(17)7-10/h2-4,6-8H,1,5,9H2,(H,18,19,21). The molecule has 3 aromatic rings. The van der Waals surface area contributed by atoms with E-state index in [1.807, 2.05) is 12.1 Å². The number of allylic oxidation sites excluding steroid dienone is 1. The lowest BCUT2D eigenvalue weighted by atomic mass is 10.2. The topological polar surface area (TPSA) is 68.8 Å². The Bertz CT molecular complexity index is 807. The van der Waals surface area contributed by atoms with Gasteiger partial charge in [0, 0.05) is 15.6 Å². The van der Waals surface area contributed by atoms with Crippen LogP contribution in [0.5, 0.6) is 0 Å². The molecule has 0 atom stereocenters. The fourth-order valence-corrected chi connectivity index (χ4v) is 2.59. The highest BCUT2D eigenvalue weighted by Crippen LogP contribution is 2.28. The van der Waals surface area contributed by atoms with E-state index in [4.69, 9.17) is 27.6 Å². The average Bonchev–Trinajstić information content (AvgIpc) is 3.13. The minimum Gasteiger partial charge on any atom is -0.459 e. The molecule has 0 amide bonds. The summed E-state index contributed by atoms with van der Waals surface area (Å²) in [5, 5.41) is 15.6. The van der Waals surface area contributed by atoms with Crippen LogP contribution in [0, 0.1) is 0 Å². The molecule has 6 nitrogen and oxygen atoms in total. The number of tetrazole rings is 1. The molecule has 1 N–H and O–H groups in total. The summed E-state index contributed by atoms with van der Waals surface area (Å²) < 4.78 is 7.40. The van der Waals surface area contributed by atoms with E-state index in [9.17, 15) is 0 Å². The Morgan fingerprint density at radius 2 is 2.00 bits per heavy atom. The third kappa shape index (κ3) is 3.72. The van der Waals surface area contributed by atoms with Crippen LogP contribution in [0.1, 0.15) is 5.76 Å². The van der Waals surface area contributed by atoms with Crippen molar-refractivity contribution in [3.63, 3.8) is 0 Å². The molecule has 118 valence electrons. The number of nitrogens with zero attached hydrogens (tertiary/aromatic N) is 4. The molecule has 0 spiro atoms. The maximum atomic E-state index is 6.01. The van der Waals surface area contributed by atoms with Crippen molar-refractivity contribution < 1.29 is 4.42 Å². The molecule has 0 aliphatic rings. The number of furan rings is 1. The molecule has 8 heteroatoms. The quantitative estimate of drug-likeness (QED) is 0.680. The van der Waals surface area contributed by atoms with Crippen molar-refractivity contribution in [2.24, 2.45) is 0 Å². The molecule has 0 unspecified atom stereocenters. The van der Waals surface area contributed by atoms with Crippen LogP contribution in [0.15, 0.2) is 47.4 Å². The summed E-state index contributed by atoms with van der Waals surface area (Å²) in [6, 6.07) is 9.02. The van der Waals surface area contributed by atoms with Crippen molar-refractivity contribution in [3.8, 4) is 11.3 Å². The van der Waals surface area contributed by atoms with Gasteiger partial charge in [0.15, 0.2) is 0 Å². The number of benzene rings is 1. The Hall–Kier alpha value is -2.31. The molecule has 2 heterocycles. The summed E-state index contributed by atoms with van der Waals surface area (Å²) in [6.45, 7) is 4.64. The second-order valence-electron chi connectivity index (χ2n) is 4.75. The van der Waals surface area contributed by atoms with Gasteiger partial charge in [-0.1, -0.05) is 34.4 Å². The zero-order valence-corrected chi connectivity index (χ0v) is 13.6. The second-order valence-corrected chi connectivity index (χ2v) is 5.62. The minimum absolute atomic E-state index is 0.450. The predicted octanol–water partition coefficient (Wildman–Crippen LogP) is 4.04. The first-order chi connectivity index (χ1) is 11.2. The normalized spacial score (nSPS) is 10.7. The Kier molecular flexibility index (Phi) is 4.64. The monoisotopic (exact) mass is 349 g/mol. The van der Waals surface area contributed by atoms with Gasteiger partial charge in [0.05, 0.1) is 13.1 Å². The molecular formula is C15H13Cl2N5O. The van der Waals surface area contributed by atoms with Gasteiger partial charge in [0.1, 0.15) is 11.5 Å². The Morgan fingerprint density at radius 3 is 2.74 bits per heavy atom. The lowest BCUT2D eigenvalue weighted by molar-refractivity contribution is 0.529. The second kappa shape index (κ2) is 6.85. The van der Waals surface area contributed by atoms with E-state index in [-0.39, 0.29) is 0 Å². The SMILES string of the molecule is C=CCn1nnnc1NCc1ccc(-c2cc(Cl)cc(Cl)c2)o1. The molecule has 0 fully saturated rings. The molecule has 23 heavy (non-hydrogen) atoms. The molecule has 1 aromatic carbocycles. The van der Waals surface area contributed by atoms with E-state index in [2.05, 4.69) is 27.4 Å². The number of hydrogen-bond donors (Lipinski definition) is 1. The number of aromatic nitrogens is 4. The van der Waals surface area contributed by atoms with Gasteiger partial charge < -0.3 is 9.73 Å². The van der Waals surface area contributed by atoms with E-state index >= 15 is 0 Å². The van der Waals surface area contributed by atoms with Gasteiger partial charge in [-0.3, -0.25) is 0 Å². The Labute approximate surface area is 142 Å². The summed E-state index contributed by atoms with van der Waals surface area (Å²) in [5.41, 5.74) is 0.824. The van der Waals surface area contributed by atoms with Crippen molar-refractivity contribution in [3.05, 3.63) is 58.8 Å². The van der Waals surface area contributed by atoms with Crippen LogP contribution >= 0.6 is 23.2 Å². The van der Waals surface area contributed by atoms with Crippen molar-refractivity contribution in [1.82, 2.24) is 20.2 Å². The highest BCUT2D eigenvalue weighted by molar-refractivity contribution is 6.35. The van der Waals surface area contributed by atoms with Crippen molar-refractivity contribution in [1.29, 1.82) is 0 Å². The molecule has 2 aromatic heterocycles. The van der Waals surface area contributed by atoms with E-state index in [0.29, 0.717) is 34.8 Å². The number of halogens is 2. The van der Waals surface area contributed by atoms with E-state index in [1.165, 1.54) is 0 Å². The smallest absolute Gasteiger partial charge is 0.243 e. The van der Waals surface area contributed by atoms with Crippen LogP contribution in [-0.4, -0.2) is 20.2 Å². The zero-order valence-electron chi connectivity index (χ0n) is 12.0. The van der Waals surface area contributed by atoms with Gasteiger partial charge in [-0.05, 0) is 40.8 Å². The molecule has 0 saturated carbocycles. The van der Waals surface area contributed by atoms with E-state index < -0.39 is 0 Å². The van der Waals surface area contributed by atoms with Crippen LogP contribution in [0.2, 0.25) is 10.0 Å². The van der Waals surface area contributed by atoms with Gasteiger partial charge >= 0.3 is 0 Å². The molecule has 0 aliphatic carbocycles. The average molecular weight is 350 g/mol. The van der Waals surface area contributed by atoms with Crippen molar-refractivity contribution >= 4 is 29.2 Å². The molecular weight excluding hydrogens is 337 g/mol. The van der Waals surface area contributed by atoms with Crippen LogP contribution in [0.3, 0.4) is 0 Å². The third-order valence-electron chi connectivity index (χ3n) is 3.06. The van der Waals surface area contributed by atoms with Gasteiger partial charge in [-0.2, -0.15) is 0 Å². The highest BCUT2D eigenvalue weighted by atomic mass is 35.5. The minimum atomic E-state index is 0.450. The number of anilines is 1. The van der Waals surface area contributed by atoms with Crippen LogP contribution in [-0.2, 0) is 13.1 Å². The van der Waals surface area contributed by atoms with Crippen LogP contribution in [0.4, 0.5) is 5.95 Å². The maximum Gasteiger partial charge on any atom is 0.243 e. The summed E-state index contributed by atoms with van der Waals surface area (Å²) in [5.74, 6) is 1.98. The maximum absolute atomic E-state index is 6.01. The fourth-order valence-electron chi connectivity index (χ4n) is 2.07. The van der Waals surface area contributed by atoms with E-state index in [0.717, 1.165) is 11.3 Å². The first-order valence-electron chi connectivity index (χ1n) is 6.82. The van der Waals surface area contributed by atoms with Gasteiger partial charge in [0.2, 0.25) is 5.95 Å². The molecule has 0 bridgehead atoms. The van der Waals surface area contributed by atoms with Gasteiger partial charge in [-0.15, -0.1) is 6.58 Å². The Balaban J connectivity index is 1.72. The molecule has 0 radical (unpaired) electrons. The summed E-state index contributed by atoms with van der Waals surface area (Å²) in [7, 11) is 0. The summed E-state index contributed by atoms with van der Waals surface area (Å²) >= 11 is 12.0. The molecule has 0 saturated heterocycles. The lowest BCUT2D eigenvalue weighted by Crippen LogP contribution is -2.07. The predicted molar refractivity (Wildman–Crippen MR) is 89.5 cm³/mol. The lowest BCUT2D eigenvalue weighted by Gasteiger charge is -2.03. The van der Waals surface area contributed by atoms with Crippen LogP contribution in [0.25, 0.3) is 11.3 Å². The first kappa shape index (κ1) is 15.6. The molecule has 3 rings (SSSR count). The van der Waals surface area contributed by atoms with E-state index in [1.54, 1.807) is 29.0 Å². The third-order valence-corrected chi connectivity index (χ3v) is 3.50. The Morgan fingerprint density at radius 1 is 1.22 bits per heavy atom. The summed E-state index contributed by atoms with van der Waals surface area (Å²) in [4.78, 5) is 0. The first-order valence-corrected chi connectivity index (χ1v) is 7.57. The van der Waals surface area contributed by atoms with Gasteiger partial charge in [0.25, 0.3) is 0 Å². The van der Waals surface area contributed by atoms with Crippen LogP contribution < -0.4 is 5.32 Å². The number of hydrogen-bond acceptors (Lipinski definition) is 5. The summed E-state index contributed by atoms with van der Waals surface area (Å²) in [6.07, 6.45) is 1.72. The number of rotatable bonds is 6. The number of nitrogens with one attached hydrogen (secondary N) is 1. The van der Waals surface area contributed by atoms with Gasteiger partial charge in [-0.25, -0.2) is 4.68 Å². The highest BCUT2D eigenvalue weighted by Gasteiger charge is 2.09.